The van der Waals surface area contributed by atoms with Crippen molar-refractivity contribution in [3.63, 3.8) is 0 Å². The number of hydrogen-bond acceptors (Lipinski definition) is 0. The van der Waals surface area contributed by atoms with Gasteiger partial charge in [-0.25, -0.2) is 0 Å². The van der Waals surface area contributed by atoms with Crippen molar-refractivity contribution in [3.05, 3.63) is 24.8 Å². The minimum Gasteiger partial charge on any atom is -0.103 e. The highest BCUT2D eigenvalue weighted by Crippen LogP contribution is 2.13. The number of rotatable bonds is 21. The fourth-order valence-electron chi connectivity index (χ4n) is 3.42. The first-order valence-electron chi connectivity index (χ1n) is 11.7. The molecule has 0 rings (SSSR count). The molecule has 148 valence electrons. The Morgan fingerprint density at radius 3 is 1.12 bits per heavy atom. The Balaban J connectivity index is 3.04. The highest BCUT2D eigenvalue weighted by molar-refractivity contribution is 4.81. The minimum atomic E-state index is 1.19. The largest absolute Gasteiger partial charge is 0.103 e. The molecule has 0 aromatic rings. The zero-order chi connectivity index (χ0) is 18.3. The average molecular weight is 349 g/mol. The van der Waals surface area contributed by atoms with E-state index in [1.54, 1.807) is 0 Å². The van der Waals surface area contributed by atoms with Crippen molar-refractivity contribution in [2.24, 2.45) is 0 Å². The van der Waals surface area contributed by atoms with Crippen LogP contribution in [0.4, 0.5) is 0 Å². The van der Waals surface area contributed by atoms with Crippen molar-refractivity contribution in [3.8, 4) is 0 Å². The second-order valence-corrected chi connectivity index (χ2v) is 7.78. The van der Waals surface area contributed by atoms with E-state index in [4.69, 9.17) is 0 Å². The SMILES string of the molecule is C=CCCCCCCC=CCCCCCCCCCCCCCCC. The van der Waals surface area contributed by atoms with Gasteiger partial charge in [0.05, 0.1) is 0 Å². The molecular weight excluding hydrogens is 300 g/mol. The van der Waals surface area contributed by atoms with Gasteiger partial charge in [-0.15, -0.1) is 6.58 Å². The lowest BCUT2D eigenvalue weighted by molar-refractivity contribution is 0.540. The molecule has 0 bridgehead atoms. The van der Waals surface area contributed by atoms with Crippen LogP contribution in [0.1, 0.15) is 135 Å². The van der Waals surface area contributed by atoms with E-state index in [2.05, 4.69) is 25.7 Å². The lowest BCUT2D eigenvalue weighted by Gasteiger charge is -2.02. The number of allylic oxidation sites excluding steroid dienone is 3. The fourth-order valence-corrected chi connectivity index (χ4v) is 3.42. The first-order valence-corrected chi connectivity index (χ1v) is 11.7. The topological polar surface area (TPSA) is 0 Å². The monoisotopic (exact) mass is 348 g/mol. The average Bonchev–Trinajstić information content (AvgIpc) is 2.63. The maximum atomic E-state index is 3.77. The third-order valence-corrected chi connectivity index (χ3v) is 5.17. The summed E-state index contributed by atoms with van der Waals surface area (Å²) in [5.41, 5.74) is 0. The van der Waals surface area contributed by atoms with Crippen molar-refractivity contribution in [2.45, 2.75) is 135 Å². The summed E-state index contributed by atoms with van der Waals surface area (Å²) in [6, 6.07) is 0. The van der Waals surface area contributed by atoms with Gasteiger partial charge in [-0.2, -0.15) is 0 Å². The summed E-state index contributed by atoms with van der Waals surface area (Å²) in [5.74, 6) is 0. The molecule has 25 heavy (non-hydrogen) atoms. The molecule has 0 aromatic carbocycles. The van der Waals surface area contributed by atoms with Crippen LogP contribution < -0.4 is 0 Å². The summed E-state index contributed by atoms with van der Waals surface area (Å²) in [6.07, 6.45) is 34.9. The Labute approximate surface area is 160 Å². The Morgan fingerprint density at radius 2 is 0.760 bits per heavy atom. The molecule has 0 N–H and O–H groups in total. The van der Waals surface area contributed by atoms with E-state index in [0.717, 1.165) is 0 Å². The normalized spacial score (nSPS) is 11.4. The summed E-state index contributed by atoms with van der Waals surface area (Å²) >= 11 is 0. The second-order valence-electron chi connectivity index (χ2n) is 7.78. The predicted octanol–water partition coefficient (Wildman–Crippen LogP) is 9.55. The molecular formula is C25H48. The minimum absolute atomic E-state index is 1.19. The molecule has 0 amide bonds. The first-order chi connectivity index (χ1) is 12.4. The molecule has 0 aliphatic carbocycles. The highest BCUT2D eigenvalue weighted by Gasteiger charge is 1.93. The fraction of sp³-hybridized carbons (Fsp3) is 0.840. The van der Waals surface area contributed by atoms with Crippen LogP contribution >= 0.6 is 0 Å². The van der Waals surface area contributed by atoms with Gasteiger partial charge in [0, 0.05) is 0 Å². The van der Waals surface area contributed by atoms with Crippen LogP contribution in [-0.4, -0.2) is 0 Å². The Hall–Kier alpha value is -0.520. The summed E-state index contributed by atoms with van der Waals surface area (Å²) in [5, 5.41) is 0. The molecule has 0 nitrogen and oxygen atoms in total. The van der Waals surface area contributed by atoms with Crippen molar-refractivity contribution < 1.29 is 0 Å². The van der Waals surface area contributed by atoms with Gasteiger partial charge in [0.25, 0.3) is 0 Å². The predicted molar refractivity (Wildman–Crippen MR) is 117 cm³/mol. The number of hydrogen-bond donors (Lipinski definition) is 0. The maximum Gasteiger partial charge on any atom is -0.0351 e. The molecule has 0 aromatic heterocycles. The van der Waals surface area contributed by atoms with Crippen LogP contribution in [0.5, 0.6) is 0 Å². The molecule has 0 aliphatic rings. The van der Waals surface area contributed by atoms with E-state index >= 15 is 0 Å². The Bertz CT molecular complexity index is 263. The highest BCUT2D eigenvalue weighted by atomic mass is 14.0. The van der Waals surface area contributed by atoms with Crippen molar-refractivity contribution in [1.82, 2.24) is 0 Å². The molecule has 0 spiro atoms. The summed E-state index contributed by atoms with van der Waals surface area (Å²) in [4.78, 5) is 0. The maximum absolute atomic E-state index is 3.77. The standard InChI is InChI=1S/C25H48/c1-3-5-7-9-11-13-15-17-19-21-23-25-24-22-20-18-16-14-12-10-8-6-4-2/h3,17,19H,1,4-16,18,20-25H2,2H3. The molecule has 0 saturated carbocycles. The van der Waals surface area contributed by atoms with Gasteiger partial charge in [0.15, 0.2) is 0 Å². The van der Waals surface area contributed by atoms with Crippen molar-refractivity contribution >= 4 is 0 Å². The van der Waals surface area contributed by atoms with E-state index < -0.39 is 0 Å². The molecule has 0 radical (unpaired) electrons. The van der Waals surface area contributed by atoms with Gasteiger partial charge in [0.2, 0.25) is 0 Å². The van der Waals surface area contributed by atoms with Crippen LogP contribution in [0, 0.1) is 0 Å². The molecule has 0 saturated heterocycles. The van der Waals surface area contributed by atoms with E-state index in [-0.39, 0.29) is 0 Å². The molecule has 0 fully saturated rings. The van der Waals surface area contributed by atoms with Crippen LogP contribution in [-0.2, 0) is 0 Å². The summed E-state index contributed by atoms with van der Waals surface area (Å²) < 4.78 is 0. The zero-order valence-corrected chi connectivity index (χ0v) is 17.6. The third-order valence-electron chi connectivity index (χ3n) is 5.17. The smallest absolute Gasteiger partial charge is 0.0351 e. The van der Waals surface area contributed by atoms with Crippen LogP contribution in [0.15, 0.2) is 24.8 Å². The molecule has 0 aliphatic heterocycles. The molecule has 0 atom stereocenters. The van der Waals surface area contributed by atoms with E-state index in [1.807, 2.05) is 6.08 Å². The van der Waals surface area contributed by atoms with Gasteiger partial charge < -0.3 is 0 Å². The van der Waals surface area contributed by atoms with E-state index in [1.165, 1.54) is 128 Å². The van der Waals surface area contributed by atoms with Gasteiger partial charge in [-0.3, -0.25) is 0 Å². The Kier molecular flexibility index (Phi) is 23.0. The van der Waals surface area contributed by atoms with E-state index in [9.17, 15) is 0 Å². The van der Waals surface area contributed by atoms with Crippen LogP contribution in [0.3, 0.4) is 0 Å². The second kappa shape index (κ2) is 23.5. The summed E-state index contributed by atoms with van der Waals surface area (Å²) in [7, 11) is 0. The van der Waals surface area contributed by atoms with Gasteiger partial charge in [0.1, 0.15) is 0 Å². The molecule has 0 heteroatoms. The Morgan fingerprint density at radius 1 is 0.440 bits per heavy atom. The number of unbranched alkanes of at least 4 members (excludes halogenated alkanes) is 18. The van der Waals surface area contributed by atoms with Crippen molar-refractivity contribution in [2.75, 3.05) is 0 Å². The van der Waals surface area contributed by atoms with Gasteiger partial charge >= 0.3 is 0 Å². The van der Waals surface area contributed by atoms with Crippen LogP contribution in [0.25, 0.3) is 0 Å². The molecule has 0 heterocycles. The third kappa shape index (κ3) is 23.5. The quantitative estimate of drug-likeness (QED) is 0.143. The van der Waals surface area contributed by atoms with Crippen molar-refractivity contribution in [1.29, 1.82) is 0 Å². The van der Waals surface area contributed by atoms with Gasteiger partial charge in [-0.05, 0) is 38.5 Å². The first kappa shape index (κ1) is 24.5. The van der Waals surface area contributed by atoms with Gasteiger partial charge in [-0.1, -0.05) is 115 Å². The lowest BCUT2D eigenvalue weighted by Crippen LogP contribution is -1.82. The van der Waals surface area contributed by atoms with Crippen LogP contribution in [0.2, 0.25) is 0 Å². The van der Waals surface area contributed by atoms with E-state index in [0.29, 0.717) is 0 Å². The summed E-state index contributed by atoms with van der Waals surface area (Å²) in [6.45, 7) is 6.07. The molecule has 0 unspecified atom stereocenters. The lowest BCUT2D eigenvalue weighted by atomic mass is 10.0. The zero-order valence-electron chi connectivity index (χ0n) is 17.6.